The molecule has 25 heavy (non-hydrogen) atoms. The summed E-state index contributed by atoms with van der Waals surface area (Å²) >= 11 is 0. The lowest BCUT2D eigenvalue weighted by atomic mass is 9.97. The molecule has 0 aliphatic rings. The smallest absolute Gasteiger partial charge is 0.292 e. The van der Waals surface area contributed by atoms with Crippen molar-refractivity contribution >= 4 is 11.7 Å². The lowest BCUT2D eigenvalue weighted by molar-refractivity contribution is 0.0994. The molecule has 0 aliphatic carbocycles. The summed E-state index contributed by atoms with van der Waals surface area (Å²) in [6.45, 7) is 8.98. The van der Waals surface area contributed by atoms with Gasteiger partial charge in [0.25, 0.3) is 5.91 Å². The quantitative estimate of drug-likeness (QED) is 0.756. The molecule has 130 valence electrons. The van der Waals surface area contributed by atoms with Crippen molar-refractivity contribution in [1.29, 1.82) is 0 Å². The van der Waals surface area contributed by atoms with Crippen LogP contribution in [0.5, 0.6) is 0 Å². The molecule has 0 bridgehead atoms. The normalized spacial score (nSPS) is 10.9. The number of aryl methyl sites for hydroxylation is 4. The Kier molecular flexibility index (Phi) is 4.74. The maximum absolute atomic E-state index is 12.4. The molecular weight excluding hydrogens is 314 g/mol. The third kappa shape index (κ3) is 3.65. The van der Waals surface area contributed by atoms with Crippen molar-refractivity contribution < 1.29 is 9.21 Å². The van der Waals surface area contributed by atoms with Crippen LogP contribution in [0.25, 0.3) is 0 Å². The summed E-state index contributed by atoms with van der Waals surface area (Å²) in [5.41, 5.74) is 4.99. The number of benzene rings is 1. The fourth-order valence-electron chi connectivity index (χ4n) is 3.13. The second kappa shape index (κ2) is 6.97. The first-order valence-corrected chi connectivity index (χ1v) is 8.46. The predicted octanol–water partition coefficient (Wildman–Crippen LogP) is 4.26. The minimum atomic E-state index is -0.265. The molecular formula is C20H23N3O2. The summed E-state index contributed by atoms with van der Waals surface area (Å²) < 4.78 is 7.49. The number of aromatic nitrogens is 2. The van der Waals surface area contributed by atoms with E-state index in [-0.39, 0.29) is 5.91 Å². The number of furan rings is 1. The van der Waals surface area contributed by atoms with Gasteiger partial charge in [-0.1, -0.05) is 17.7 Å². The van der Waals surface area contributed by atoms with Crippen LogP contribution in [0.1, 0.15) is 45.5 Å². The Morgan fingerprint density at radius 3 is 2.56 bits per heavy atom. The molecule has 5 heteroatoms. The van der Waals surface area contributed by atoms with E-state index in [9.17, 15) is 4.79 Å². The molecule has 3 aromatic rings. The van der Waals surface area contributed by atoms with Crippen LogP contribution in [0.3, 0.4) is 0 Å². The van der Waals surface area contributed by atoms with Crippen molar-refractivity contribution in [3.8, 4) is 0 Å². The summed E-state index contributed by atoms with van der Waals surface area (Å²) in [6, 6.07) is 9.70. The number of hydrogen-bond donors (Lipinski definition) is 1. The zero-order chi connectivity index (χ0) is 18.0. The van der Waals surface area contributed by atoms with Gasteiger partial charge in [-0.25, -0.2) is 4.68 Å². The molecule has 1 aromatic carbocycles. The summed E-state index contributed by atoms with van der Waals surface area (Å²) in [7, 11) is 0. The molecule has 0 radical (unpaired) electrons. The molecule has 5 nitrogen and oxygen atoms in total. The van der Waals surface area contributed by atoms with Crippen LogP contribution in [-0.4, -0.2) is 15.7 Å². The third-order valence-electron chi connectivity index (χ3n) is 4.33. The number of rotatable bonds is 5. The van der Waals surface area contributed by atoms with Crippen LogP contribution in [0.4, 0.5) is 5.82 Å². The molecule has 0 saturated heterocycles. The molecule has 0 fully saturated rings. The van der Waals surface area contributed by atoms with Crippen molar-refractivity contribution in [3.05, 3.63) is 70.3 Å². The Bertz CT molecular complexity index is 882. The number of nitrogens with one attached hydrogen (secondary N) is 1. The maximum atomic E-state index is 12.4. The van der Waals surface area contributed by atoms with Gasteiger partial charge in [0.05, 0.1) is 6.20 Å². The van der Waals surface area contributed by atoms with Gasteiger partial charge < -0.3 is 9.73 Å². The molecule has 0 aliphatic heterocycles. The highest BCUT2D eigenvalue weighted by molar-refractivity contribution is 6.01. The van der Waals surface area contributed by atoms with Gasteiger partial charge in [0, 0.05) is 19.0 Å². The summed E-state index contributed by atoms with van der Waals surface area (Å²) in [5.74, 6) is 1.49. The Labute approximate surface area is 147 Å². The van der Waals surface area contributed by atoms with E-state index >= 15 is 0 Å². The van der Waals surface area contributed by atoms with Gasteiger partial charge in [0.2, 0.25) is 0 Å². The zero-order valence-electron chi connectivity index (χ0n) is 15.1. The summed E-state index contributed by atoms with van der Waals surface area (Å²) in [6.07, 6.45) is 2.34. The van der Waals surface area contributed by atoms with Gasteiger partial charge in [-0.2, -0.15) is 5.10 Å². The van der Waals surface area contributed by atoms with Crippen LogP contribution >= 0.6 is 0 Å². The number of carbonyl (C=O) groups excluding carboxylic acids is 1. The molecule has 0 atom stereocenters. The molecule has 0 unspecified atom stereocenters. The van der Waals surface area contributed by atoms with Crippen LogP contribution in [0.2, 0.25) is 0 Å². The van der Waals surface area contributed by atoms with Crippen LogP contribution in [0, 0.1) is 20.8 Å². The van der Waals surface area contributed by atoms with Gasteiger partial charge in [0.1, 0.15) is 11.6 Å². The van der Waals surface area contributed by atoms with Crippen LogP contribution in [0.15, 0.2) is 40.9 Å². The molecule has 0 spiro atoms. The molecule has 0 saturated carbocycles. The van der Waals surface area contributed by atoms with E-state index in [4.69, 9.17) is 4.42 Å². The highest BCUT2D eigenvalue weighted by atomic mass is 16.3. The summed E-state index contributed by atoms with van der Waals surface area (Å²) in [4.78, 5) is 12.4. The molecule has 1 N–H and O–H groups in total. The Hall–Kier alpha value is -2.82. The first kappa shape index (κ1) is 17.0. The fourth-order valence-corrected chi connectivity index (χ4v) is 3.13. The average molecular weight is 337 g/mol. The van der Waals surface area contributed by atoms with Gasteiger partial charge in [-0.3, -0.25) is 4.79 Å². The number of amides is 1. The van der Waals surface area contributed by atoms with E-state index < -0.39 is 0 Å². The lowest BCUT2D eigenvalue weighted by Gasteiger charge is -2.10. The van der Waals surface area contributed by atoms with E-state index in [1.807, 2.05) is 13.0 Å². The first-order chi connectivity index (χ1) is 12.0. The van der Waals surface area contributed by atoms with Gasteiger partial charge in [-0.05, 0) is 56.5 Å². The number of nitrogens with zero attached hydrogens (tertiary/aromatic N) is 2. The number of hydrogen-bond acceptors (Lipinski definition) is 3. The third-order valence-corrected chi connectivity index (χ3v) is 4.33. The minimum Gasteiger partial charge on any atom is -0.456 e. The monoisotopic (exact) mass is 337 g/mol. The van der Waals surface area contributed by atoms with Gasteiger partial charge in [0.15, 0.2) is 5.76 Å². The Morgan fingerprint density at radius 1 is 1.16 bits per heavy atom. The Balaban J connectivity index is 1.75. The van der Waals surface area contributed by atoms with Gasteiger partial charge in [-0.15, -0.1) is 0 Å². The van der Waals surface area contributed by atoms with E-state index in [0.717, 1.165) is 5.76 Å². The molecule has 1 amide bonds. The average Bonchev–Trinajstić information content (AvgIpc) is 3.19. The second-order valence-corrected chi connectivity index (χ2v) is 6.31. The van der Waals surface area contributed by atoms with E-state index in [0.29, 0.717) is 24.5 Å². The minimum absolute atomic E-state index is 0.265. The van der Waals surface area contributed by atoms with E-state index in [1.165, 1.54) is 22.3 Å². The molecule has 2 aromatic heterocycles. The maximum Gasteiger partial charge on any atom is 0.292 e. The van der Waals surface area contributed by atoms with E-state index in [2.05, 4.69) is 43.3 Å². The molecule has 3 rings (SSSR count). The predicted molar refractivity (Wildman–Crippen MR) is 98.0 cm³/mol. The summed E-state index contributed by atoms with van der Waals surface area (Å²) in [5, 5.41) is 6.97. The van der Waals surface area contributed by atoms with Crippen LogP contribution < -0.4 is 5.32 Å². The second-order valence-electron chi connectivity index (χ2n) is 6.31. The lowest BCUT2D eigenvalue weighted by Crippen LogP contribution is -2.14. The Morgan fingerprint density at radius 2 is 1.88 bits per heavy atom. The standard InChI is InChI=1S/C20H23N3O2/c1-5-23-19(8-9-21-23)22-20(24)18-7-6-16(25-18)12-17-14(3)10-13(2)11-15(17)4/h6-11H,5,12H2,1-4H3,(H,22,24). The number of anilines is 1. The SMILES string of the molecule is CCn1nccc1NC(=O)c1ccc(Cc2c(C)cc(C)cc2C)o1. The number of carbonyl (C=O) groups is 1. The highest BCUT2D eigenvalue weighted by Gasteiger charge is 2.15. The first-order valence-electron chi connectivity index (χ1n) is 8.46. The van der Waals surface area contributed by atoms with Crippen LogP contribution in [-0.2, 0) is 13.0 Å². The van der Waals surface area contributed by atoms with Crippen molar-refractivity contribution in [2.45, 2.75) is 40.7 Å². The van der Waals surface area contributed by atoms with Gasteiger partial charge >= 0.3 is 0 Å². The molecule has 2 heterocycles. The van der Waals surface area contributed by atoms with Crippen molar-refractivity contribution in [1.82, 2.24) is 9.78 Å². The zero-order valence-corrected chi connectivity index (χ0v) is 15.1. The fraction of sp³-hybridized carbons (Fsp3) is 0.300. The van der Waals surface area contributed by atoms with Crippen molar-refractivity contribution in [2.24, 2.45) is 0 Å². The van der Waals surface area contributed by atoms with Crippen molar-refractivity contribution in [3.63, 3.8) is 0 Å². The highest BCUT2D eigenvalue weighted by Crippen LogP contribution is 2.21. The van der Waals surface area contributed by atoms with E-state index in [1.54, 1.807) is 23.0 Å². The largest absolute Gasteiger partial charge is 0.456 e. The topological polar surface area (TPSA) is 60.1 Å². The van der Waals surface area contributed by atoms with Crippen molar-refractivity contribution in [2.75, 3.05) is 5.32 Å².